The van der Waals surface area contributed by atoms with Gasteiger partial charge in [-0.3, -0.25) is 4.79 Å². The summed E-state index contributed by atoms with van der Waals surface area (Å²) in [6, 6.07) is 0. The van der Waals surface area contributed by atoms with Gasteiger partial charge in [-0.1, -0.05) is 12.2 Å². The quantitative estimate of drug-likeness (QED) is 0.545. The third-order valence-corrected chi connectivity index (χ3v) is 2.14. The van der Waals surface area contributed by atoms with Crippen LogP contribution in [0, 0.1) is 0 Å². The Morgan fingerprint density at radius 1 is 1.57 bits per heavy atom. The number of carbonyl (C=O) groups is 1. The molecule has 0 aliphatic heterocycles. The van der Waals surface area contributed by atoms with Gasteiger partial charge in [-0.25, -0.2) is 0 Å². The zero-order valence-electron chi connectivity index (χ0n) is 8.31. The van der Waals surface area contributed by atoms with Crippen molar-refractivity contribution in [3.63, 3.8) is 0 Å². The lowest BCUT2D eigenvalue weighted by Gasteiger charge is -2.18. The zero-order valence-corrected chi connectivity index (χ0v) is 8.31. The molecule has 0 radical (unpaired) electrons. The molecule has 0 aromatic heterocycles. The zero-order chi connectivity index (χ0) is 10.4. The van der Waals surface area contributed by atoms with Crippen LogP contribution in [0.3, 0.4) is 0 Å². The first-order chi connectivity index (χ1) is 6.72. The highest BCUT2D eigenvalue weighted by atomic mass is 16.8. The van der Waals surface area contributed by atoms with Crippen LogP contribution in [-0.2, 0) is 14.3 Å². The van der Waals surface area contributed by atoms with Crippen molar-refractivity contribution in [3.8, 4) is 0 Å². The number of carbonyl (C=O) groups excluding carboxylic acids is 1. The second-order valence-electron chi connectivity index (χ2n) is 3.26. The molecule has 1 N–H and O–H groups in total. The average Bonchev–Trinajstić information content (AvgIpc) is 2.16. The Kier molecular flexibility index (Phi) is 4.79. The lowest BCUT2D eigenvalue weighted by molar-refractivity contribution is -0.263. The molecule has 1 rings (SSSR count). The SMILES string of the molecule is COC(O)OC1C=CCCC(=O)CC1. The Hall–Kier alpha value is -0.710. The Morgan fingerprint density at radius 3 is 3.07 bits per heavy atom. The van der Waals surface area contributed by atoms with Crippen LogP contribution in [0.15, 0.2) is 12.2 Å². The third-order valence-electron chi connectivity index (χ3n) is 2.14. The van der Waals surface area contributed by atoms with Gasteiger partial charge in [0.25, 0.3) is 6.48 Å². The molecule has 2 atom stereocenters. The number of methoxy groups -OCH3 is 1. The monoisotopic (exact) mass is 200 g/mol. The molecular weight excluding hydrogens is 184 g/mol. The Bertz CT molecular complexity index is 212. The number of ketones is 1. The van der Waals surface area contributed by atoms with Gasteiger partial charge in [0.15, 0.2) is 0 Å². The summed E-state index contributed by atoms with van der Waals surface area (Å²) in [5.41, 5.74) is 0. The molecule has 0 amide bonds. The maximum atomic E-state index is 11.2. The summed E-state index contributed by atoms with van der Waals surface area (Å²) in [5, 5.41) is 9.07. The summed E-state index contributed by atoms with van der Waals surface area (Å²) in [5.74, 6) is 0.245. The van der Waals surface area contributed by atoms with E-state index < -0.39 is 6.48 Å². The van der Waals surface area contributed by atoms with E-state index in [0.29, 0.717) is 19.3 Å². The first kappa shape index (κ1) is 11.4. The van der Waals surface area contributed by atoms with Crippen molar-refractivity contribution in [1.82, 2.24) is 0 Å². The van der Waals surface area contributed by atoms with Gasteiger partial charge in [0.1, 0.15) is 5.78 Å². The Balaban J connectivity index is 2.42. The highest BCUT2D eigenvalue weighted by molar-refractivity contribution is 5.78. The van der Waals surface area contributed by atoms with E-state index in [2.05, 4.69) is 4.74 Å². The second kappa shape index (κ2) is 5.90. The summed E-state index contributed by atoms with van der Waals surface area (Å²) >= 11 is 0. The molecular formula is C10H16O4. The Labute approximate surface area is 83.5 Å². The van der Waals surface area contributed by atoms with Crippen molar-refractivity contribution in [1.29, 1.82) is 0 Å². The van der Waals surface area contributed by atoms with Crippen LogP contribution >= 0.6 is 0 Å². The number of rotatable bonds is 3. The molecule has 0 saturated heterocycles. The minimum absolute atomic E-state index is 0.228. The number of hydrogen-bond acceptors (Lipinski definition) is 4. The fraction of sp³-hybridized carbons (Fsp3) is 0.700. The van der Waals surface area contributed by atoms with Gasteiger partial charge in [-0.05, 0) is 12.8 Å². The van der Waals surface area contributed by atoms with Crippen LogP contribution in [0.2, 0.25) is 0 Å². The molecule has 4 nitrogen and oxygen atoms in total. The minimum Gasteiger partial charge on any atom is -0.346 e. The maximum absolute atomic E-state index is 11.2. The molecule has 4 heteroatoms. The molecule has 1 aliphatic carbocycles. The van der Waals surface area contributed by atoms with Crippen LogP contribution in [-0.4, -0.2) is 30.6 Å². The van der Waals surface area contributed by atoms with Gasteiger partial charge in [0.2, 0.25) is 0 Å². The molecule has 14 heavy (non-hydrogen) atoms. The number of aliphatic hydroxyl groups excluding tert-OH is 1. The molecule has 0 heterocycles. The number of ether oxygens (including phenoxy) is 2. The molecule has 0 aromatic carbocycles. The van der Waals surface area contributed by atoms with Gasteiger partial charge < -0.3 is 14.6 Å². The fourth-order valence-corrected chi connectivity index (χ4v) is 1.34. The lowest BCUT2D eigenvalue weighted by Crippen LogP contribution is -2.23. The van der Waals surface area contributed by atoms with Gasteiger partial charge in [0.05, 0.1) is 6.10 Å². The smallest absolute Gasteiger partial charge is 0.269 e. The van der Waals surface area contributed by atoms with Crippen molar-refractivity contribution in [3.05, 3.63) is 12.2 Å². The maximum Gasteiger partial charge on any atom is 0.269 e. The summed E-state index contributed by atoms with van der Waals surface area (Å²) < 4.78 is 9.68. The van der Waals surface area contributed by atoms with E-state index in [1.807, 2.05) is 12.2 Å². The topological polar surface area (TPSA) is 55.8 Å². The van der Waals surface area contributed by atoms with Crippen LogP contribution in [0.1, 0.15) is 25.7 Å². The van der Waals surface area contributed by atoms with Crippen molar-refractivity contribution in [2.45, 2.75) is 38.3 Å². The van der Waals surface area contributed by atoms with Gasteiger partial charge in [-0.15, -0.1) is 0 Å². The van der Waals surface area contributed by atoms with Crippen LogP contribution < -0.4 is 0 Å². The van der Waals surface area contributed by atoms with Crippen LogP contribution in [0.25, 0.3) is 0 Å². The normalized spacial score (nSPS) is 25.6. The fourth-order valence-electron chi connectivity index (χ4n) is 1.34. The average molecular weight is 200 g/mol. The van der Waals surface area contributed by atoms with Gasteiger partial charge in [-0.2, -0.15) is 0 Å². The summed E-state index contributed by atoms with van der Waals surface area (Å²) in [6.45, 7) is -1.21. The molecule has 0 aromatic rings. The number of hydrogen-bond donors (Lipinski definition) is 1. The molecule has 0 bridgehead atoms. The van der Waals surface area contributed by atoms with E-state index >= 15 is 0 Å². The van der Waals surface area contributed by atoms with Crippen LogP contribution in [0.5, 0.6) is 0 Å². The number of Topliss-reactive ketones (excluding diaryl/α,β-unsaturated/α-hetero) is 1. The Morgan fingerprint density at radius 2 is 2.36 bits per heavy atom. The molecule has 80 valence electrons. The third kappa shape index (κ3) is 4.00. The van der Waals surface area contributed by atoms with Crippen molar-refractivity contribution in [2.24, 2.45) is 0 Å². The first-order valence-electron chi connectivity index (χ1n) is 4.77. The predicted molar refractivity (Wildman–Crippen MR) is 50.5 cm³/mol. The van der Waals surface area contributed by atoms with Crippen LogP contribution in [0.4, 0.5) is 0 Å². The molecule has 1 aliphatic rings. The van der Waals surface area contributed by atoms with E-state index in [4.69, 9.17) is 9.84 Å². The highest BCUT2D eigenvalue weighted by Crippen LogP contribution is 2.13. The predicted octanol–water partition coefficient (Wildman–Crippen LogP) is 0.993. The molecule has 0 fully saturated rings. The minimum atomic E-state index is -1.21. The molecule has 0 saturated carbocycles. The van der Waals surface area contributed by atoms with E-state index in [9.17, 15) is 4.79 Å². The highest BCUT2D eigenvalue weighted by Gasteiger charge is 2.14. The van der Waals surface area contributed by atoms with Crippen molar-refractivity contribution < 1.29 is 19.4 Å². The van der Waals surface area contributed by atoms with E-state index in [-0.39, 0.29) is 11.9 Å². The van der Waals surface area contributed by atoms with E-state index in [0.717, 1.165) is 6.42 Å². The number of allylic oxidation sites excluding steroid dienone is 1. The standard InChI is InChI=1S/C10H16O4/c1-13-10(12)14-9-5-3-2-4-8(11)6-7-9/h3,5,9-10,12H,2,4,6-7H2,1H3. The first-order valence-corrected chi connectivity index (χ1v) is 4.77. The summed E-state index contributed by atoms with van der Waals surface area (Å²) in [4.78, 5) is 11.2. The van der Waals surface area contributed by atoms with E-state index in [1.54, 1.807) is 0 Å². The van der Waals surface area contributed by atoms with Gasteiger partial charge in [0, 0.05) is 20.0 Å². The van der Waals surface area contributed by atoms with Crippen molar-refractivity contribution >= 4 is 5.78 Å². The lowest BCUT2D eigenvalue weighted by atomic mass is 10.0. The number of aliphatic hydroxyl groups is 1. The molecule has 2 unspecified atom stereocenters. The van der Waals surface area contributed by atoms with Gasteiger partial charge >= 0.3 is 0 Å². The largest absolute Gasteiger partial charge is 0.346 e. The molecule has 0 spiro atoms. The van der Waals surface area contributed by atoms with Crippen molar-refractivity contribution in [2.75, 3.05) is 7.11 Å². The second-order valence-corrected chi connectivity index (χ2v) is 3.26. The summed E-state index contributed by atoms with van der Waals surface area (Å²) in [7, 11) is 1.36. The van der Waals surface area contributed by atoms with E-state index in [1.165, 1.54) is 7.11 Å². The summed E-state index contributed by atoms with van der Waals surface area (Å²) in [6.07, 6.45) is 6.02.